The number of hydrogen-bond donors (Lipinski definition) is 1. The molecule has 1 fully saturated rings. The minimum absolute atomic E-state index is 0.0726. The molecule has 0 spiro atoms. The Morgan fingerprint density at radius 2 is 1.96 bits per heavy atom. The molecule has 1 heterocycles. The average Bonchev–Trinajstić information content (AvgIpc) is 2.52. The van der Waals surface area contributed by atoms with Crippen LogP contribution in [0.1, 0.15) is 5.56 Å². The second kappa shape index (κ2) is 7.71. The second-order valence-electron chi connectivity index (χ2n) is 5.00. The zero-order valence-electron chi connectivity index (χ0n) is 12.5. The quantitative estimate of drug-likeness (QED) is 0.659. The standard InChI is InChI=1S/C15H15F3N2O3S/c16-15(17,18)24-11-4-1-10(2-5-11)3-6-13(21)20-7-8-23-12(9-20)14(19)22/h1-6,12H,7-9H2,(H2,19,22)/b6-3+. The van der Waals surface area contributed by atoms with E-state index < -0.39 is 17.5 Å². The third-order valence-corrected chi connectivity index (χ3v) is 3.97. The highest BCUT2D eigenvalue weighted by Gasteiger charge is 2.29. The minimum Gasteiger partial charge on any atom is -0.367 e. The SMILES string of the molecule is NC(=O)C1CN(C(=O)/C=C/c2ccc(SC(F)(F)F)cc2)CCO1. The van der Waals surface area contributed by atoms with Crippen LogP contribution in [0.4, 0.5) is 13.2 Å². The molecule has 2 N–H and O–H groups in total. The number of nitrogens with zero attached hydrogens (tertiary/aromatic N) is 1. The van der Waals surface area contributed by atoms with Crippen molar-refractivity contribution in [2.45, 2.75) is 16.5 Å². The Morgan fingerprint density at radius 1 is 1.29 bits per heavy atom. The minimum atomic E-state index is -4.33. The molecule has 1 aliphatic heterocycles. The van der Waals surface area contributed by atoms with Gasteiger partial charge in [-0.2, -0.15) is 13.2 Å². The summed E-state index contributed by atoms with van der Waals surface area (Å²) < 4.78 is 41.9. The van der Waals surface area contributed by atoms with E-state index in [0.29, 0.717) is 12.1 Å². The largest absolute Gasteiger partial charge is 0.446 e. The molecule has 130 valence electrons. The first kappa shape index (κ1) is 18.3. The molecule has 0 saturated carbocycles. The number of amides is 2. The van der Waals surface area contributed by atoms with Gasteiger partial charge in [0.25, 0.3) is 0 Å². The molecule has 1 aromatic rings. The third kappa shape index (κ3) is 5.57. The van der Waals surface area contributed by atoms with E-state index in [1.165, 1.54) is 41.3 Å². The second-order valence-corrected chi connectivity index (χ2v) is 6.13. The van der Waals surface area contributed by atoms with Crippen molar-refractivity contribution in [3.8, 4) is 0 Å². The summed E-state index contributed by atoms with van der Waals surface area (Å²) in [5, 5.41) is 0. The number of rotatable bonds is 4. The number of primary amides is 1. The Balaban J connectivity index is 1.95. The van der Waals surface area contributed by atoms with Crippen LogP contribution in [0.2, 0.25) is 0 Å². The van der Waals surface area contributed by atoms with E-state index in [0.717, 1.165) is 0 Å². The van der Waals surface area contributed by atoms with Crippen LogP contribution in [-0.2, 0) is 14.3 Å². The highest BCUT2D eigenvalue weighted by molar-refractivity contribution is 8.00. The van der Waals surface area contributed by atoms with Crippen molar-refractivity contribution in [1.29, 1.82) is 0 Å². The predicted molar refractivity (Wildman–Crippen MR) is 82.9 cm³/mol. The monoisotopic (exact) mass is 360 g/mol. The van der Waals surface area contributed by atoms with Gasteiger partial charge < -0.3 is 15.4 Å². The lowest BCUT2D eigenvalue weighted by Gasteiger charge is -2.30. The zero-order valence-corrected chi connectivity index (χ0v) is 13.3. The number of morpholine rings is 1. The molecule has 0 aliphatic carbocycles. The van der Waals surface area contributed by atoms with E-state index in [-0.39, 0.29) is 35.7 Å². The van der Waals surface area contributed by atoms with Crippen LogP contribution in [0.5, 0.6) is 0 Å². The molecule has 0 aromatic heterocycles. The first-order chi connectivity index (χ1) is 11.2. The first-order valence-corrected chi connectivity index (χ1v) is 7.80. The topological polar surface area (TPSA) is 72.6 Å². The summed E-state index contributed by atoms with van der Waals surface area (Å²) in [6, 6.07) is 5.65. The van der Waals surface area contributed by atoms with Gasteiger partial charge in [0.15, 0.2) is 6.10 Å². The summed E-state index contributed by atoms with van der Waals surface area (Å²) >= 11 is -0.197. The van der Waals surface area contributed by atoms with Crippen molar-refractivity contribution in [1.82, 2.24) is 4.90 Å². The van der Waals surface area contributed by atoms with Gasteiger partial charge in [-0.15, -0.1) is 0 Å². The average molecular weight is 360 g/mol. The number of halogens is 3. The Hall–Kier alpha value is -2.00. The van der Waals surface area contributed by atoms with Gasteiger partial charge in [-0.05, 0) is 35.5 Å². The molecular formula is C15H15F3N2O3S. The molecule has 0 bridgehead atoms. The van der Waals surface area contributed by atoms with Gasteiger partial charge in [0.05, 0.1) is 13.2 Å². The van der Waals surface area contributed by atoms with E-state index >= 15 is 0 Å². The van der Waals surface area contributed by atoms with Crippen molar-refractivity contribution in [3.05, 3.63) is 35.9 Å². The number of nitrogens with two attached hydrogens (primary N) is 1. The van der Waals surface area contributed by atoms with E-state index in [4.69, 9.17) is 10.5 Å². The Labute approximate surface area is 140 Å². The number of hydrogen-bond acceptors (Lipinski definition) is 4. The Kier molecular flexibility index (Phi) is 5.89. The number of benzene rings is 1. The summed E-state index contributed by atoms with van der Waals surface area (Å²) in [7, 11) is 0. The summed E-state index contributed by atoms with van der Waals surface area (Å²) in [5.41, 5.74) is 1.41. The summed E-state index contributed by atoms with van der Waals surface area (Å²) in [6.07, 6.45) is 1.98. The number of carbonyl (C=O) groups excluding carboxylic acids is 2. The maximum absolute atomic E-state index is 12.2. The fourth-order valence-corrected chi connectivity index (χ4v) is 2.61. The molecule has 1 aromatic carbocycles. The predicted octanol–water partition coefficient (Wildman–Crippen LogP) is 2.02. The molecule has 9 heteroatoms. The van der Waals surface area contributed by atoms with Crippen LogP contribution in [0.25, 0.3) is 6.08 Å². The van der Waals surface area contributed by atoms with E-state index in [1.54, 1.807) is 0 Å². The van der Waals surface area contributed by atoms with Crippen molar-refractivity contribution < 1.29 is 27.5 Å². The van der Waals surface area contributed by atoms with Crippen molar-refractivity contribution >= 4 is 29.7 Å². The third-order valence-electron chi connectivity index (χ3n) is 3.23. The zero-order chi connectivity index (χ0) is 17.7. The lowest BCUT2D eigenvalue weighted by Crippen LogP contribution is -2.50. The summed E-state index contributed by atoms with van der Waals surface area (Å²) in [4.78, 5) is 24.7. The molecule has 0 radical (unpaired) electrons. The Bertz CT molecular complexity index is 632. The van der Waals surface area contributed by atoms with Crippen LogP contribution >= 0.6 is 11.8 Å². The van der Waals surface area contributed by atoms with Gasteiger partial charge in [0.1, 0.15) is 0 Å². The van der Waals surface area contributed by atoms with Crippen LogP contribution in [0.3, 0.4) is 0 Å². The molecule has 1 aliphatic rings. The fourth-order valence-electron chi connectivity index (χ4n) is 2.08. The van der Waals surface area contributed by atoms with Gasteiger partial charge in [0.2, 0.25) is 11.8 Å². The van der Waals surface area contributed by atoms with Gasteiger partial charge in [-0.25, -0.2) is 0 Å². The molecule has 1 saturated heterocycles. The highest BCUT2D eigenvalue weighted by Crippen LogP contribution is 2.36. The number of ether oxygens (including phenoxy) is 1. The lowest BCUT2D eigenvalue weighted by molar-refractivity contribution is -0.142. The van der Waals surface area contributed by atoms with Crippen molar-refractivity contribution in [2.75, 3.05) is 19.7 Å². The van der Waals surface area contributed by atoms with Crippen LogP contribution in [-0.4, -0.2) is 48.0 Å². The first-order valence-electron chi connectivity index (χ1n) is 6.98. The number of alkyl halides is 3. The maximum atomic E-state index is 12.2. The normalized spacial score (nSPS) is 18.8. The van der Waals surface area contributed by atoms with Crippen LogP contribution in [0, 0.1) is 0 Å². The molecule has 1 atom stereocenters. The molecule has 5 nitrogen and oxygen atoms in total. The van der Waals surface area contributed by atoms with E-state index in [9.17, 15) is 22.8 Å². The van der Waals surface area contributed by atoms with Gasteiger partial charge >= 0.3 is 5.51 Å². The molecule has 24 heavy (non-hydrogen) atoms. The lowest BCUT2D eigenvalue weighted by atomic mass is 10.2. The van der Waals surface area contributed by atoms with Crippen LogP contribution < -0.4 is 5.73 Å². The van der Waals surface area contributed by atoms with Crippen molar-refractivity contribution in [2.24, 2.45) is 5.73 Å². The van der Waals surface area contributed by atoms with Gasteiger partial charge in [-0.1, -0.05) is 12.1 Å². The smallest absolute Gasteiger partial charge is 0.367 e. The number of carbonyl (C=O) groups is 2. The summed E-state index contributed by atoms with van der Waals surface area (Å²) in [6.45, 7) is 0.643. The van der Waals surface area contributed by atoms with Crippen molar-refractivity contribution in [3.63, 3.8) is 0 Å². The number of thioether (sulfide) groups is 1. The Morgan fingerprint density at radius 3 is 2.54 bits per heavy atom. The van der Waals surface area contributed by atoms with Crippen LogP contribution in [0.15, 0.2) is 35.2 Å². The molecular weight excluding hydrogens is 345 g/mol. The van der Waals surface area contributed by atoms with E-state index in [2.05, 4.69) is 0 Å². The van der Waals surface area contributed by atoms with E-state index in [1.807, 2.05) is 0 Å². The molecule has 1 unspecified atom stereocenters. The van der Waals surface area contributed by atoms with Gasteiger partial charge in [0, 0.05) is 17.5 Å². The highest BCUT2D eigenvalue weighted by atomic mass is 32.2. The molecule has 2 amide bonds. The maximum Gasteiger partial charge on any atom is 0.446 e. The molecule has 2 rings (SSSR count). The summed E-state index contributed by atoms with van der Waals surface area (Å²) in [5.74, 6) is -0.951. The van der Waals surface area contributed by atoms with Gasteiger partial charge in [-0.3, -0.25) is 9.59 Å². The fraction of sp³-hybridized carbons (Fsp3) is 0.333.